The van der Waals surface area contributed by atoms with Gasteiger partial charge in [0.15, 0.2) is 0 Å². The number of nitrogens with two attached hydrogens (primary N) is 1. The van der Waals surface area contributed by atoms with Crippen LogP contribution in [0.3, 0.4) is 0 Å². The largest absolute Gasteiger partial charge is 0.342 e. The lowest BCUT2D eigenvalue weighted by molar-refractivity contribution is -0.130. The summed E-state index contributed by atoms with van der Waals surface area (Å²) >= 11 is 0. The van der Waals surface area contributed by atoms with Gasteiger partial charge in [0, 0.05) is 25.1 Å². The topological polar surface area (TPSA) is 105 Å². The van der Waals surface area contributed by atoms with E-state index in [2.05, 4.69) is 9.71 Å². The predicted molar refractivity (Wildman–Crippen MR) is 91.1 cm³/mol. The normalized spacial score (nSPS) is 24.7. The Labute approximate surface area is 142 Å². The summed E-state index contributed by atoms with van der Waals surface area (Å²) in [6.45, 7) is 3.85. The van der Waals surface area contributed by atoms with Crippen LogP contribution in [0.1, 0.15) is 25.3 Å². The van der Waals surface area contributed by atoms with Crippen molar-refractivity contribution in [2.75, 3.05) is 19.6 Å². The molecule has 1 aromatic carbocycles. The molecule has 0 aromatic heterocycles. The summed E-state index contributed by atoms with van der Waals surface area (Å²) in [5, 5.41) is 0. The third kappa shape index (κ3) is 3.29. The molecule has 3 N–H and O–H groups in total. The van der Waals surface area contributed by atoms with E-state index >= 15 is 0 Å². The molecule has 1 fully saturated rings. The van der Waals surface area contributed by atoms with Crippen molar-refractivity contribution in [1.29, 1.82) is 0 Å². The van der Waals surface area contributed by atoms with E-state index in [1.54, 1.807) is 24.3 Å². The van der Waals surface area contributed by atoms with Gasteiger partial charge in [0.1, 0.15) is 5.84 Å². The smallest absolute Gasteiger partial charge is 0.263 e. The van der Waals surface area contributed by atoms with Crippen LogP contribution in [-0.2, 0) is 14.8 Å². The number of hydrogen-bond donors (Lipinski definition) is 2. The minimum absolute atomic E-state index is 0.0388. The number of aliphatic imine (C=N–C) groups is 1. The molecule has 0 spiro atoms. The van der Waals surface area contributed by atoms with Gasteiger partial charge in [0.25, 0.3) is 10.0 Å². The lowest BCUT2D eigenvalue weighted by atomic mass is 10.1. The van der Waals surface area contributed by atoms with E-state index in [4.69, 9.17) is 5.73 Å². The van der Waals surface area contributed by atoms with Crippen molar-refractivity contribution >= 4 is 21.8 Å². The maximum Gasteiger partial charge on any atom is 0.263 e. The quantitative estimate of drug-likeness (QED) is 0.815. The van der Waals surface area contributed by atoms with Crippen LogP contribution in [0.15, 0.2) is 34.2 Å². The molecule has 2 aliphatic heterocycles. The number of likely N-dealkylation sites (tertiary alicyclic amines) is 1. The Morgan fingerprint density at radius 2 is 2.21 bits per heavy atom. The highest BCUT2D eigenvalue weighted by molar-refractivity contribution is 7.90. The molecule has 0 bridgehead atoms. The highest BCUT2D eigenvalue weighted by Gasteiger charge is 2.31. The van der Waals surface area contributed by atoms with Crippen molar-refractivity contribution in [3.63, 3.8) is 0 Å². The lowest BCUT2D eigenvalue weighted by Crippen LogP contribution is -2.32. The van der Waals surface area contributed by atoms with Crippen molar-refractivity contribution < 1.29 is 13.2 Å². The summed E-state index contributed by atoms with van der Waals surface area (Å²) in [5.41, 5.74) is 6.21. The molecular formula is C16H22N4O3S. The van der Waals surface area contributed by atoms with Crippen molar-refractivity contribution in [2.45, 2.75) is 30.7 Å². The number of fused-ring (bicyclic) bond motifs is 1. The van der Waals surface area contributed by atoms with E-state index in [1.807, 2.05) is 11.8 Å². The Kier molecular flexibility index (Phi) is 4.60. The van der Waals surface area contributed by atoms with Gasteiger partial charge in [0.05, 0.1) is 10.9 Å². The monoisotopic (exact) mass is 350 g/mol. The Balaban J connectivity index is 1.70. The number of nitrogens with one attached hydrogen (secondary N) is 1. The highest BCUT2D eigenvalue weighted by Crippen LogP contribution is 2.23. The zero-order chi connectivity index (χ0) is 17.3. The molecule has 0 aliphatic carbocycles. The third-order valence-corrected chi connectivity index (χ3v) is 5.85. The fourth-order valence-electron chi connectivity index (χ4n) is 3.13. The maximum absolute atomic E-state index is 12.3. The zero-order valence-corrected chi connectivity index (χ0v) is 14.4. The third-order valence-electron chi connectivity index (χ3n) is 4.45. The summed E-state index contributed by atoms with van der Waals surface area (Å²) in [5.74, 6) is 0.730. The average molecular weight is 350 g/mol. The number of carbonyl (C=O) groups is 1. The van der Waals surface area contributed by atoms with Crippen LogP contribution in [0.5, 0.6) is 0 Å². The van der Waals surface area contributed by atoms with Gasteiger partial charge < -0.3 is 10.6 Å². The first-order valence-electron chi connectivity index (χ1n) is 8.08. The number of nitrogens with zero attached hydrogens (tertiary/aromatic N) is 2. The highest BCUT2D eigenvalue weighted by atomic mass is 32.2. The number of benzene rings is 1. The molecule has 2 unspecified atom stereocenters. The van der Waals surface area contributed by atoms with E-state index in [9.17, 15) is 13.2 Å². The molecule has 3 rings (SSSR count). The van der Waals surface area contributed by atoms with Crippen LogP contribution in [0.4, 0.5) is 0 Å². The van der Waals surface area contributed by atoms with Gasteiger partial charge in [-0.2, -0.15) is 0 Å². The van der Waals surface area contributed by atoms with E-state index in [0.717, 1.165) is 13.0 Å². The van der Waals surface area contributed by atoms with Gasteiger partial charge in [-0.05, 0) is 37.9 Å². The molecule has 1 amide bonds. The van der Waals surface area contributed by atoms with Crippen molar-refractivity contribution in [2.24, 2.45) is 16.6 Å². The number of amidine groups is 1. The van der Waals surface area contributed by atoms with Gasteiger partial charge in [-0.25, -0.2) is 8.42 Å². The molecule has 0 saturated carbocycles. The zero-order valence-electron chi connectivity index (χ0n) is 13.6. The standard InChI is InChI=1S/C16H22N4O3S/c1-11(8-15(21)20-7-6-12(9-17)10-20)18-16-13-4-2-3-5-14(13)24(22,23)19-16/h2-5,11-12H,6-10,17H2,1H3,(H,18,19). The van der Waals surface area contributed by atoms with Crippen LogP contribution in [0.25, 0.3) is 0 Å². The first-order chi connectivity index (χ1) is 11.4. The summed E-state index contributed by atoms with van der Waals surface area (Å²) < 4.78 is 26.6. The van der Waals surface area contributed by atoms with Crippen LogP contribution in [0.2, 0.25) is 0 Å². The van der Waals surface area contributed by atoms with E-state index in [0.29, 0.717) is 30.4 Å². The van der Waals surface area contributed by atoms with Gasteiger partial charge in [-0.3, -0.25) is 14.5 Å². The van der Waals surface area contributed by atoms with E-state index < -0.39 is 10.0 Å². The fraction of sp³-hybridized carbons (Fsp3) is 0.500. The van der Waals surface area contributed by atoms with E-state index in [1.165, 1.54) is 0 Å². The van der Waals surface area contributed by atoms with Gasteiger partial charge in [-0.15, -0.1) is 0 Å². The fourth-order valence-corrected chi connectivity index (χ4v) is 4.37. The molecule has 130 valence electrons. The van der Waals surface area contributed by atoms with Crippen molar-refractivity contribution in [1.82, 2.24) is 9.62 Å². The number of rotatable bonds is 4. The second kappa shape index (κ2) is 6.52. The lowest BCUT2D eigenvalue weighted by Gasteiger charge is -2.17. The molecule has 0 radical (unpaired) electrons. The van der Waals surface area contributed by atoms with E-state index in [-0.39, 0.29) is 23.3 Å². The van der Waals surface area contributed by atoms with Crippen molar-refractivity contribution in [3.8, 4) is 0 Å². The van der Waals surface area contributed by atoms with Crippen molar-refractivity contribution in [3.05, 3.63) is 29.8 Å². The van der Waals surface area contributed by atoms with Crippen LogP contribution < -0.4 is 10.5 Å². The Morgan fingerprint density at radius 3 is 2.92 bits per heavy atom. The molecule has 24 heavy (non-hydrogen) atoms. The molecule has 7 nitrogen and oxygen atoms in total. The van der Waals surface area contributed by atoms with Gasteiger partial charge >= 0.3 is 0 Å². The molecule has 8 heteroatoms. The molecule has 1 aromatic rings. The molecular weight excluding hydrogens is 328 g/mol. The second-order valence-corrected chi connectivity index (χ2v) is 8.01. The van der Waals surface area contributed by atoms with Crippen LogP contribution >= 0.6 is 0 Å². The summed E-state index contributed by atoms with van der Waals surface area (Å²) in [7, 11) is -3.55. The van der Waals surface area contributed by atoms with Crippen LogP contribution in [-0.4, -0.2) is 50.7 Å². The first-order valence-corrected chi connectivity index (χ1v) is 9.57. The Morgan fingerprint density at radius 1 is 1.46 bits per heavy atom. The summed E-state index contributed by atoms with van der Waals surface area (Å²) in [4.78, 5) is 18.8. The molecule has 2 heterocycles. The number of carbonyl (C=O) groups excluding carboxylic acids is 1. The van der Waals surface area contributed by atoms with Crippen LogP contribution in [0, 0.1) is 5.92 Å². The summed E-state index contributed by atoms with van der Waals surface area (Å²) in [6.07, 6.45) is 1.20. The number of amides is 1. The van der Waals surface area contributed by atoms with Gasteiger partial charge in [-0.1, -0.05) is 12.1 Å². The predicted octanol–water partition coefficient (Wildman–Crippen LogP) is 0.311. The SMILES string of the molecule is CC(CC(=O)N1CCC(CN)C1)N=C1NS(=O)(=O)c2ccccc21. The number of sulfonamides is 1. The maximum atomic E-state index is 12.3. The number of hydrogen-bond acceptors (Lipinski definition) is 5. The molecule has 1 saturated heterocycles. The second-order valence-electron chi connectivity index (χ2n) is 6.36. The summed E-state index contributed by atoms with van der Waals surface area (Å²) in [6, 6.07) is 6.40. The Bertz CT molecular complexity index is 775. The average Bonchev–Trinajstić information content (AvgIpc) is 3.11. The Hall–Kier alpha value is -1.93. The molecule has 2 atom stereocenters. The van der Waals surface area contributed by atoms with Gasteiger partial charge in [0.2, 0.25) is 5.91 Å². The first kappa shape index (κ1) is 16.9. The molecule has 2 aliphatic rings. The minimum Gasteiger partial charge on any atom is -0.342 e. The minimum atomic E-state index is -3.55.